The van der Waals surface area contributed by atoms with E-state index in [-0.39, 0.29) is 5.69 Å². The predicted octanol–water partition coefficient (Wildman–Crippen LogP) is 2.52. The molecule has 0 aliphatic carbocycles. The van der Waals surface area contributed by atoms with Gasteiger partial charge in [-0.05, 0) is 43.7 Å². The number of anilines is 1. The third-order valence-corrected chi connectivity index (χ3v) is 3.30. The predicted molar refractivity (Wildman–Crippen MR) is 77.8 cm³/mol. The van der Waals surface area contributed by atoms with Crippen molar-refractivity contribution < 1.29 is 0 Å². The lowest BCUT2D eigenvalue weighted by molar-refractivity contribution is 1.00. The van der Waals surface area contributed by atoms with Crippen LogP contribution in [0.2, 0.25) is 0 Å². The zero-order chi connectivity index (χ0) is 13.6. The van der Waals surface area contributed by atoms with Crippen molar-refractivity contribution in [2.45, 2.75) is 13.8 Å². The zero-order valence-electron chi connectivity index (χ0n) is 10.9. The number of fused-ring (bicyclic) bond motifs is 1. The van der Waals surface area contributed by atoms with Gasteiger partial charge in [0.05, 0.1) is 16.7 Å². The Kier molecular flexibility index (Phi) is 2.45. The molecule has 0 saturated carbocycles. The third kappa shape index (κ3) is 1.81. The number of aryl methyl sites for hydroxylation is 2. The van der Waals surface area contributed by atoms with Gasteiger partial charge in [0.25, 0.3) is 0 Å². The van der Waals surface area contributed by atoms with Crippen LogP contribution in [0.1, 0.15) is 11.1 Å². The first-order chi connectivity index (χ1) is 9.06. The number of aromatic nitrogens is 2. The highest BCUT2D eigenvalue weighted by Gasteiger charge is 2.10. The van der Waals surface area contributed by atoms with E-state index >= 15 is 0 Å². The van der Waals surface area contributed by atoms with Crippen LogP contribution in [0.25, 0.3) is 16.7 Å². The molecule has 4 nitrogen and oxygen atoms in total. The largest absolute Gasteiger partial charge is 0.399 e. The van der Waals surface area contributed by atoms with E-state index in [0.29, 0.717) is 5.69 Å². The van der Waals surface area contributed by atoms with E-state index in [1.54, 1.807) is 16.7 Å². The van der Waals surface area contributed by atoms with Gasteiger partial charge in [0.15, 0.2) is 0 Å². The highest BCUT2D eigenvalue weighted by molar-refractivity contribution is 5.80. The van der Waals surface area contributed by atoms with E-state index in [2.05, 4.69) is 11.1 Å². The van der Waals surface area contributed by atoms with Crippen molar-refractivity contribution in [3.8, 4) is 5.69 Å². The Morgan fingerprint density at radius 3 is 2.63 bits per heavy atom. The molecule has 2 aromatic carbocycles. The molecular weight excluding hydrogens is 238 g/mol. The fourth-order valence-corrected chi connectivity index (χ4v) is 2.42. The normalized spacial score (nSPS) is 11.1. The van der Waals surface area contributed by atoms with Crippen LogP contribution in [-0.2, 0) is 0 Å². The van der Waals surface area contributed by atoms with Crippen molar-refractivity contribution in [3.05, 3.63) is 58.0 Å². The molecule has 96 valence electrons. The number of nitrogen functional groups attached to an aromatic ring is 1. The molecule has 1 heterocycles. The number of rotatable bonds is 1. The SMILES string of the molecule is Cc1ccc(-n2c(=O)[nH]c3cc(N)ccc32)c(C)c1. The molecule has 0 aliphatic rings. The molecule has 0 atom stereocenters. The van der Waals surface area contributed by atoms with Crippen LogP contribution < -0.4 is 11.4 Å². The second kappa shape index (κ2) is 4.02. The number of nitrogens with two attached hydrogens (primary N) is 1. The van der Waals surface area contributed by atoms with Crippen molar-refractivity contribution >= 4 is 16.7 Å². The van der Waals surface area contributed by atoms with Gasteiger partial charge >= 0.3 is 5.69 Å². The monoisotopic (exact) mass is 253 g/mol. The Morgan fingerprint density at radius 1 is 1.11 bits per heavy atom. The van der Waals surface area contributed by atoms with Gasteiger partial charge in [0.1, 0.15) is 0 Å². The Morgan fingerprint density at radius 2 is 1.89 bits per heavy atom. The van der Waals surface area contributed by atoms with Crippen LogP contribution in [-0.4, -0.2) is 9.55 Å². The minimum Gasteiger partial charge on any atom is -0.399 e. The van der Waals surface area contributed by atoms with Crippen molar-refractivity contribution in [1.29, 1.82) is 0 Å². The maximum Gasteiger partial charge on any atom is 0.331 e. The summed E-state index contributed by atoms with van der Waals surface area (Å²) in [5, 5.41) is 0. The summed E-state index contributed by atoms with van der Waals surface area (Å²) in [6, 6.07) is 11.5. The number of imidazole rings is 1. The molecule has 3 rings (SSSR count). The summed E-state index contributed by atoms with van der Waals surface area (Å²) in [4.78, 5) is 15.0. The number of nitrogens with zero attached hydrogens (tertiary/aromatic N) is 1. The fraction of sp³-hybridized carbons (Fsp3) is 0.133. The number of benzene rings is 2. The summed E-state index contributed by atoms with van der Waals surface area (Å²) in [5.41, 5.74) is 11.0. The second-order valence-electron chi connectivity index (χ2n) is 4.83. The van der Waals surface area contributed by atoms with E-state index in [0.717, 1.165) is 22.3 Å². The number of H-pyrrole nitrogens is 1. The molecule has 0 unspecified atom stereocenters. The summed E-state index contributed by atoms with van der Waals surface area (Å²) in [6.07, 6.45) is 0. The number of aromatic amines is 1. The van der Waals surface area contributed by atoms with Gasteiger partial charge in [-0.3, -0.25) is 4.57 Å². The Labute approximate surface area is 110 Å². The molecule has 0 bridgehead atoms. The smallest absolute Gasteiger partial charge is 0.331 e. The minimum atomic E-state index is -0.146. The highest BCUT2D eigenvalue weighted by atomic mass is 16.1. The Hall–Kier alpha value is -2.49. The molecule has 0 fully saturated rings. The molecule has 4 heteroatoms. The average molecular weight is 253 g/mol. The topological polar surface area (TPSA) is 63.8 Å². The van der Waals surface area contributed by atoms with Gasteiger partial charge < -0.3 is 10.7 Å². The van der Waals surface area contributed by atoms with E-state index in [4.69, 9.17) is 5.73 Å². The number of hydrogen-bond acceptors (Lipinski definition) is 2. The molecule has 0 aliphatic heterocycles. The van der Waals surface area contributed by atoms with Crippen LogP contribution in [0.15, 0.2) is 41.2 Å². The number of hydrogen-bond donors (Lipinski definition) is 2. The van der Waals surface area contributed by atoms with Crippen molar-refractivity contribution in [3.63, 3.8) is 0 Å². The molecule has 19 heavy (non-hydrogen) atoms. The first-order valence-electron chi connectivity index (χ1n) is 6.14. The van der Waals surface area contributed by atoms with E-state index in [9.17, 15) is 4.79 Å². The molecule has 0 saturated heterocycles. The van der Waals surface area contributed by atoms with Gasteiger partial charge in [-0.1, -0.05) is 17.7 Å². The lowest BCUT2D eigenvalue weighted by Gasteiger charge is -2.08. The van der Waals surface area contributed by atoms with E-state index in [1.165, 1.54) is 5.56 Å². The Bertz CT molecular complexity index is 827. The standard InChI is InChI=1S/C15H15N3O/c1-9-3-5-13(10(2)7-9)18-14-6-4-11(16)8-12(14)17-15(18)19/h3-8H,16H2,1-2H3,(H,17,19). The van der Waals surface area contributed by atoms with Gasteiger partial charge in [-0.25, -0.2) is 4.79 Å². The molecule has 0 spiro atoms. The van der Waals surface area contributed by atoms with Crippen molar-refractivity contribution in [2.24, 2.45) is 0 Å². The maximum absolute atomic E-state index is 12.2. The van der Waals surface area contributed by atoms with Gasteiger partial charge in [-0.2, -0.15) is 0 Å². The third-order valence-electron chi connectivity index (χ3n) is 3.30. The first kappa shape index (κ1) is 11.6. The maximum atomic E-state index is 12.2. The summed E-state index contributed by atoms with van der Waals surface area (Å²) < 4.78 is 1.68. The second-order valence-corrected chi connectivity index (χ2v) is 4.83. The van der Waals surface area contributed by atoms with Crippen LogP contribution >= 0.6 is 0 Å². The van der Waals surface area contributed by atoms with Crippen molar-refractivity contribution in [2.75, 3.05) is 5.73 Å². The zero-order valence-corrected chi connectivity index (χ0v) is 10.9. The molecule has 1 aromatic heterocycles. The molecular formula is C15H15N3O. The van der Waals surface area contributed by atoms with E-state index < -0.39 is 0 Å². The molecule has 0 amide bonds. The summed E-state index contributed by atoms with van der Waals surface area (Å²) in [5.74, 6) is 0. The van der Waals surface area contributed by atoms with Gasteiger partial charge in [-0.15, -0.1) is 0 Å². The van der Waals surface area contributed by atoms with Crippen LogP contribution in [0.5, 0.6) is 0 Å². The highest BCUT2D eigenvalue weighted by Crippen LogP contribution is 2.20. The number of nitrogens with one attached hydrogen (secondary N) is 1. The van der Waals surface area contributed by atoms with Crippen molar-refractivity contribution in [1.82, 2.24) is 9.55 Å². The average Bonchev–Trinajstić information content (AvgIpc) is 2.65. The molecule has 3 N–H and O–H groups in total. The molecule has 3 aromatic rings. The van der Waals surface area contributed by atoms with Crippen LogP contribution in [0, 0.1) is 13.8 Å². The lowest BCUT2D eigenvalue weighted by Crippen LogP contribution is -2.15. The van der Waals surface area contributed by atoms with Crippen LogP contribution in [0.4, 0.5) is 5.69 Å². The van der Waals surface area contributed by atoms with Crippen LogP contribution in [0.3, 0.4) is 0 Å². The minimum absolute atomic E-state index is 0.146. The molecule has 0 radical (unpaired) electrons. The summed E-state index contributed by atoms with van der Waals surface area (Å²) in [7, 11) is 0. The summed E-state index contributed by atoms with van der Waals surface area (Å²) >= 11 is 0. The van der Waals surface area contributed by atoms with Gasteiger partial charge in [0, 0.05) is 5.69 Å². The van der Waals surface area contributed by atoms with Gasteiger partial charge in [0.2, 0.25) is 0 Å². The Balaban J connectivity index is 2.36. The fourth-order valence-electron chi connectivity index (χ4n) is 2.42. The summed E-state index contributed by atoms with van der Waals surface area (Å²) in [6.45, 7) is 4.04. The van der Waals surface area contributed by atoms with E-state index in [1.807, 2.05) is 32.0 Å². The first-order valence-corrected chi connectivity index (χ1v) is 6.14. The lowest BCUT2D eigenvalue weighted by atomic mass is 10.1. The quantitative estimate of drug-likeness (QED) is 0.654.